The molecule has 0 N–H and O–H groups in total. The fourth-order valence-electron chi connectivity index (χ4n) is 10.7. The fraction of sp³-hybridized carbons (Fsp3) is 0.143. The molecule has 12 rings (SSSR count). The van der Waals surface area contributed by atoms with E-state index in [2.05, 4.69) is 45.0 Å². The third kappa shape index (κ3) is 8.89. The smallest absolute Gasteiger partial charge is 0.135 e. The molecule has 3 heterocycles. The summed E-state index contributed by atoms with van der Waals surface area (Å²) in [5.41, 5.74) is 6.57. The number of fused-ring (bicyclic) bond motifs is 4. The summed E-state index contributed by atoms with van der Waals surface area (Å²) in [4.78, 5) is 8.22. The van der Waals surface area contributed by atoms with Crippen LogP contribution in [-0.2, 0) is 32.9 Å². The Bertz CT molecular complexity index is 4770. The van der Waals surface area contributed by atoms with Crippen LogP contribution >= 0.6 is 0 Å². The Morgan fingerprint density at radius 3 is 1.75 bits per heavy atom. The minimum atomic E-state index is -2.33. The van der Waals surface area contributed by atoms with Gasteiger partial charge in [0.15, 0.2) is 0 Å². The average molecular weight is 1170 g/mol. The van der Waals surface area contributed by atoms with Gasteiger partial charge in [-0.15, -0.1) is 29.4 Å². The molecule has 0 unspecified atom stereocenters. The molecule has 75 heavy (non-hydrogen) atoms. The van der Waals surface area contributed by atoms with Gasteiger partial charge >= 0.3 is 0 Å². The van der Waals surface area contributed by atoms with E-state index < -0.39 is 108 Å². The van der Waals surface area contributed by atoms with Crippen LogP contribution in [0.4, 0.5) is 22.7 Å². The van der Waals surface area contributed by atoms with Gasteiger partial charge in [-0.2, -0.15) is 41.5 Å². The van der Waals surface area contributed by atoms with E-state index in [9.17, 15) is 11.0 Å². The van der Waals surface area contributed by atoms with Crippen LogP contribution in [-0.4, -0.2) is 9.55 Å². The number of hydrogen-bond acceptors (Lipinski definition) is 3. The number of aromatic nitrogens is 2. The Labute approximate surface area is 481 Å². The molecule has 372 valence electrons. The normalized spacial score (nSPS) is 15.8. The molecular weight excluding hydrogens is 1090 g/mol. The minimum Gasteiger partial charge on any atom is -0.493 e. The van der Waals surface area contributed by atoms with Crippen LogP contribution in [0.3, 0.4) is 0 Å². The molecule has 0 saturated carbocycles. The Morgan fingerprint density at radius 2 is 1.13 bits per heavy atom. The molecule has 0 atom stereocenters. The molecule has 1 aliphatic rings. The van der Waals surface area contributed by atoms with Gasteiger partial charge in [-0.05, 0) is 138 Å². The quantitative estimate of drug-likeness (QED) is 0.135. The molecule has 4 nitrogen and oxygen atoms in total. The summed E-state index contributed by atoms with van der Waals surface area (Å²) in [6, 6.07) is 26.9. The van der Waals surface area contributed by atoms with Crippen molar-refractivity contribution in [1.29, 1.82) is 0 Å². The van der Waals surface area contributed by atoms with Crippen LogP contribution in [0.25, 0.3) is 72.1 Å². The molecule has 2 aromatic heterocycles. The third-order valence-electron chi connectivity index (χ3n) is 13.9. The molecule has 9 aromatic carbocycles. The number of nitrogens with zero attached hydrogens (tertiary/aromatic N) is 4. The summed E-state index contributed by atoms with van der Waals surface area (Å²) in [7, 11) is 0. The van der Waals surface area contributed by atoms with Gasteiger partial charge in [0.2, 0.25) is 0 Å². The van der Waals surface area contributed by atoms with Crippen molar-refractivity contribution in [3.05, 3.63) is 257 Å². The van der Waals surface area contributed by atoms with E-state index in [0.717, 1.165) is 44.1 Å². The molecule has 1 aliphatic heterocycles. The van der Waals surface area contributed by atoms with Gasteiger partial charge in [-0.3, -0.25) is 0 Å². The second-order valence-corrected chi connectivity index (χ2v) is 19.8. The zero-order chi connectivity index (χ0) is 65.7. The molecule has 0 amide bonds. The number of pyridine rings is 1. The maximum atomic E-state index is 10.3. The summed E-state index contributed by atoms with van der Waals surface area (Å²) in [6.07, 6.45) is -0.553. The molecule has 0 bridgehead atoms. The summed E-state index contributed by atoms with van der Waals surface area (Å²) in [5.74, 6) is 0.639. The molecule has 11 aromatic rings. The van der Waals surface area contributed by atoms with E-state index in [4.69, 9.17) is 17.3 Å². The van der Waals surface area contributed by atoms with Gasteiger partial charge in [0, 0.05) is 63.7 Å². The van der Waals surface area contributed by atoms with Crippen molar-refractivity contribution in [3.63, 3.8) is 0 Å². The van der Waals surface area contributed by atoms with Crippen molar-refractivity contribution in [2.24, 2.45) is 0 Å². The second kappa shape index (κ2) is 19.8. The first-order chi connectivity index (χ1) is 42.9. The van der Waals surface area contributed by atoms with Crippen LogP contribution in [0.5, 0.6) is 0 Å². The number of rotatable bonds is 9. The predicted octanol–water partition coefficient (Wildman–Crippen LogP) is 18.3. The van der Waals surface area contributed by atoms with Gasteiger partial charge in [0.1, 0.15) is 5.82 Å². The monoisotopic (exact) mass is 1170 g/mol. The van der Waals surface area contributed by atoms with Crippen molar-refractivity contribution >= 4 is 44.6 Å². The van der Waals surface area contributed by atoms with E-state index in [1.54, 1.807) is 59.1 Å². The zero-order valence-corrected chi connectivity index (χ0v) is 44.8. The Morgan fingerprint density at radius 1 is 0.560 bits per heavy atom. The van der Waals surface area contributed by atoms with Gasteiger partial charge < -0.3 is 14.4 Å². The predicted molar refractivity (Wildman–Crippen MR) is 311 cm³/mol. The molecular formula is C70H59N4Pt-3. The topological polar surface area (TPSA) is 24.3 Å². The van der Waals surface area contributed by atoms with Crippen molar-refractivity contribution in [2.75, 3.05) is 9.80 Å². The van der Waals surface area contributed by atoms with E-state index in [1.165, 1.54) is 13.8 Å². The van der Waals surface area contributed by atoms with Gasteiger partial charge in [-0.1, -0.05) is 165 Å². The molecule has 0 aliphatic carbocycles. The largest absolute Gasteiger partial charge is 0.493 e. The van der Waals surface area contributed by atoms with Crippen molar-refractivity contribution < 1.29 is 44.4 Å². The van der Waals surface area contributed by atoms with Crippen LogP contribution in [0, 0.1) is 53.4 Å². The maximum absolute atomic E-state index is 10.3. The summed E-state index contributed by atoms with van der Waals surface area (Å²) in [5, 5.41) is 1.76. The number of anilines is 4. The van der Waals surface area contributed by atoms with Crippen LogP contribution in [0.2, 0.25) is 0 Å². The maximum Gasteiger partial charge on any atom is 0.135 e. The standard InChI is InChI=1S/C70H59N4.Pt/c1-45-36-46(2)65(47(3)37-45)55-39-51(38-50-32-33-59-58-28-18-19-29-60(58)74(63(59)41-50)64-43-56(34-35-71-64)70(6,7)8)40-57(42-55)72-44-73(62-31-21-20-30-61(62)72)69-67(53-24-14-10-15-25-53)48(4)66(52-22-12-9-13-23-52)49(5)68(69)54-26-16-11-17-27-54;/h9-37,39,42-44H,38H2,1-8H3;/q-3;/i9D,10D,11D,12D,13D,14D,15D,16D,17D,22D,23D,24D,25D,26D,27D,38D2;. The first kappa shape index (κ1) is 33.2. The van der Waals surface area contributed by atoms with Crippen LogP contribution in [0.15, 0.2) is 194 Å². The molecule has 5 heteroatoms. The number of benzene rings is 9. The molecule has 0 spiro atoms. The summed E-state index contributed by atoms with van der Waals surface area (Å²) >= 11 is 0. The van der Waals surface area contributed by atoms with Crippen LogP contribution in [0.1, 0.15) is 88.6 Å². The number of aryl methyl sites for hydroxylation is 3. The molecule has 0 radical (unpaired) electrons. The Kier molecular flexibility index (Phi) is 8.77. The summed E-state index contributed by atoms with van der Waals surface area (Å²) < 4.78 is 160. The SMILES string of the molecule is [2H]c1c([2H])c([2H])c(-c2c(C)c(-c3c([2H])c([2H])c([2H])c([2H])c3[2H])c(N3[CH-]N(c4[c-]c(C([2H])([2H])c5[c-]c6c(cc5)c5ccccc5n6-c5cc(C(C)(C)C)ccn5)cc(-c5c(C)cc(C)cc5C)c4)c4ccccc43)c(-c3c([2H])c([2H])c([2H])c([2H])c3[2H])c2C)c([2H])c1[2H].[Pt]. The van der Waals surface area contributed by atoms with E-state index >= 15 is 0 Å². The van der Waals surface area contributed by atoms with Gasteiger partial charge in [0.05, 0.1) is 20.6 Å². The van der Waals surface area contributed by atoms with Crippen molar-refractivity contribution in [3.8, 4) is 50.3 Å². The minimum absolute atomic E-state index is 0. The van der Waals surface area contributed by atoms with Crippen molar-refractivity contribution in [1.82, 2.24) is 9.55 Å². The van der Waals surface area contributed by atoms with Crippen LogP contribution < -0.4 is 9.80 Å². The molecule has 0 saturated heterocycles. The first-order valence-electron chi connectivity index (χ1n) is 32.9. The van der Waals surface area contributed by atoms with Gasteiger partial charge in [0.25, 0.3) is 0 Å². The van der Waals surface area contributed by atoms with E-state index in [-0.39, 0.29) is 76.7 Å². The zero-order valence-electron chi connectivity index (χ0n) is 59.5. The average Bonchev–Trinajstić information content (AvgIpc) is 1.22. The Hall–Kier alpha value is -7.78. The summed E-state index contributed by atoms with van der Waals surface area (Å²) in [6.45, 7) is 17.0. The fourth-order valence-corrected chi connectivity index (χ4v) is 10.7. The Balaban J connectivity index is 0.00000867. The van der Waals surface area contributed by atoms with Gasteiger partial charge in [-0.25, -0.2) is 4.98 Å². The van der Waals surface area contributed by atoms with Crippen molar-refractivity contribution in [2.45, 2.75) is 67.2 Å². The second-order valence-electron chi connectivity index (χ2n) is 19.8. The molecule has 0 fully saturated rings. The van der Waals surface area contributed by atoms with E-state index in [1.807, 2.05) is 73.9 Å². The third-order valence-corrected chi connectivity index (χ3v) is 13.9. The number of para-hydroxylation sites is 3. The number of hydrogen-bond donors (Lipinski definition) is 0. The van der Waals surface area contributed by atoms with E-state index in [0.29, 0.717) is 34.0 Å². The first-order valence-corrected chi connectivity index (χ1v) is 24.4.